The lowest BCUT2D eigenvalue weighted by Gasteiger charge is -2.57. The molecule has 6 bridgehead atoms. The van der Waals surface area contributed by atoms with Crippen molar-refractivity contribution in [3.63, 3.8) is 0 Å². The fraction of sp³-hybridized carbons (Fsp3) is 0.612. The Hall–Kier alpha value is -4.67. The maximum atomic E-state index is 15.0. The number of oxazole rings is 1. The SMILES string of the molecule is CO[C@@H](C)c1ncccc1-c1c2c3cc(ccc3n1C1CN(C3CC3)C1)-c1coc(n1)[C@@H](N1CC3(COC3)C1)[C@H](NC(=O)C1[C@@H](C)[C@H]1C)C(=O)N1CCC[C@H](N1)C(=O)OCC(C)(C)C2. The maximum absolute atomic E-state index is 15.0. The molecule has 2 saturated carbocycles. The Kier molecular flexibility index (Phi) is 10.3. The van der Waals surface area contributed by atoms with Crippen LogP contribution in [-0.2, 0) is 35.0 Å². The number of amides is 2. The zero-order valence-electron chi connectivity index (χ0n) is 38.0. The molecule has 15 heteroatoms. The highest BCUT2D eigenvalue weighted by atomic mass is 16.5. The monoisotopic (exact) mass is 874 g/mol. The quantitative estimate of drug-likeness (QED) is 0.216. The molecular weight excluding hydrogens is 813 g/mol. The average molecular weight is 875 g/mol. The summed E-state index contributed by atoms with van der Waals surface area (Å²) in [4.78, 5) is 58.1. The molecule has 64 heavy (non-hydrogen) atoms. The van der Waals surface area contributed by atoms with Crippen LogP contribution in [0.4, 0.5) is 0 Å². The highest BCUT2D eigenvalue weighted by molar-refractivity contribution is 5.95. The van der Waals surface area contributed by atoms with Crippen molar-refractivity contribution in [3.8, 4) is 22.5 Å². The van der Waals surface area contributed by atoms with Gasteiger partial charge in [0, 0.05) is 90.8 Å². The minimum absolute atomic E-state index is 0.00216. The number of ether oxygens (including phenoxy) is 3. The Morgan fingerprint density at radius 1 is 1.02 bits per heavy atom. The molecule has 4 saturated heterocycles. The molecule has 1 unspecified atom stereocenters. The predicted molar refractivity (Wildman–Crippen MR) is 237 cm³/mol. The molecule has 8 heterocycles. The lowest BCUT2D eigenvalue weighted by Crippen LogP contribution is -2.70. The minimum Gasteiger partial charge on any atom is -0.464 e. The predicted octanol–water partition coefficient (Wildman–Crippen LogP) is 5.47. The second-order valence-electron chi connectivity index (χ2n) is 21.0. The van der Waals surface area contributed by atoms with Crippen LogP contribution in [0.15, 0.2) is 47.2 Å². The van der Waals surface area contributed by atoms with Crippen LogP contribution in [0.5, 0.6) is 0 Å². The van der Waals surface area contributed by atoms with E-state index < -0.39 is 29.5 Å². The number of esters is 1. The molecule has 11 rings (SSSR count). The van der Waals surface area contributed by atoms with Gasteiger partial charge in [-0.1, -0.05) is 33.8 Å². The van der Waals surface area contributed by atoms with Crippen molar-refractivity contribution < 1.29 is 33.0 Å². The normalized spacial score (nSPS) is 29.9. The number of nitrogens with one attached hydrogen (secondary N) is 2. The molecule has 6 fully saturated rings. The van der Waals surface area contributed by atoms with Crippen molar-refractivity contribution >= 4 is 28.7 Å². The number of carbonyl (C=O) groups is 3. The van der Waals surface area contributed by atoms with Crippen molar-refractivity contribution in [3.05, 3.63) is 59.9 Å². The van der Waals surface area contributed by atoms with Gasteiger partial charge in [0.2, 0.25) is 11.8 Å². The number of pyridine rings is 1. The number of hydrogen-bond donors (Lipinski definition) is 2. The first-order valence-electron chi connectivity index (χ1n) is 23.5. The molecule has 340 valence electrons. The third-order valence-electron chi connectivity index (χ3n) is 15.6. The Bertz CT molecular complexity index is 2470. The van der Waals surface area contributed by atoms with Gasteiger partial charge in [0.15, 0.2) is 0 Å². The van der Waals surface area contributed by atoms with Crippen molar-refractivity contribution in [2.24, 2.45) is 28.6 Å². The molecule has 2 amide bonds. The fourth-order valence-electron chi connectivity index (χ4n) is 11.3. The zero-order chi connectivity index (χ0) is 44.2. The Morgan fingerprint density at radius 2 is 1.80 bits per heavy atom. The van der Waals surface area contributed by atoms with Crippen LogP contribution in [0.3, 0.4) is 0 Å². The van der Waals surface area contributed by atoms with Gasteiger partial charge in [0.1, 0.15) is 30.1 Å². The first-order valence-corrected chi connectivity index (χ1v) is 23.5. The molecular formula is C49H62N8O7. The highest BCUT2D eigenvalue weighted by Gasteiger charge is 2.56. The van der Waals surface area contributed by atoms with E-state index in [2.05, 4.69) is 77.1 Å². The molecule has 3 aromatic heterocycles. The Labute approximate surface area is 374 Å². The summed E-state index contributed by atoms with van der Waals surface area (Å²) in [5, 5.41) is 5.82. The minimum atomic E-state index is -1.04. The average Bonchev–Trinajstić information content (AvgIpc) is 4.09. The topological polar surface area (TPSA) is 157 Å². The van der Waals surface area contributed by atoms with Gasteiger partial charge in [0.05, 0.1) is 43.4 Å². The second-order valence-corrected chi connectivity index (χ2v) is 21.0. The van der Waals surface area contributed by atoms with Gasteiger partial charge < -0.3 is 28.5 Å². The van der Waals surface area contributed by atoms with Crippen molar-refractivity contribution in [1.82, 2.24) is 40.1 Å². The summed E-state index contributed by atoms with van der Waals surface area (Å²) in [5.41, 5.74) is 9.56. The molecule has 5 aliphatic heterocycles. The van der Waals surface area contributed by atoms with Gasteiger partial charge >= 0.3 is 5.97 Å². The summed E-state index contributed by atoms with van der Waals surface area (Å²) < 4.78 is 26.9. The number of nitrogens with zero attached hydrogens (tertiary/aromatic N) is 6. The van der Waals surface area contributed by atoms with E-state index in [-0.39, 0.29) is 53.7 Å². The molecule has 7 aliphatic rings. The van der Waals surface area contributed by atoms with Crippen LogP contribution < -0.4 is 10.7 Å². The van der Waals surface area contributed by atoms with E-state index >= 15 is 4.79 Å². The molecule has 15 nitrogen and oxygen atoms in total. The molecule has 7 atom stereocenters. The first kappa shape index (κ1) is 42.0. The lowest BCUT2D eigenvalue weighted by atomic mass is 9.76. The van der Waals surface area contributed by atoms with Crippen molar-refractivity contribution in [2.75, 3.05) is 59.7 Å². The van der Waals surface area contributed by atoms with E-state index in [9.17, 15) is 9.59 Å². The number of fused-ring (bicyclic) bond motifs is 6. The van der Waals surface area contributed by atoms with Crippen LogP contribution >= 0.6 is 0 Å². The summed E-state index contributed by atoms with van der Waals surface area (Å²) in [6, 6.07) is 9.17. The van der Waals surface area contributed by atoms with E-state index in [0.717, 1.165) is 52.1 Å². The van der Waals surface area contributed by atoms with Crippen LogP contribution in [-0.4, -0.2) is 125 Å². The number of likely N-dealkylation sites (tertiary alicyclic amines) is 2. The Balaban J connectivity index is 1.07. The van der Waals surface area contributed by atoms with Crippen LogP contribution in [0, 0.1) is 28.6 Å². The van der Waals surface area contributed by atoms with Crippen LogP contribution in [0.1, 0.15) is 95.6 Å². The van der Waals surface area contributed by atoms with E-state index in [1.54, 1.807) is 13.4 Å². The van der Waals surface area contributed by atoms with Crippen molar-refractivity contribution in [2.45, 2.75) is 103 Å². The number of benzene rings is 1. The summed E-state index contributed by atoms with van der Waals surface area (Å²) in [6.07, 6.45) is 7.50. The number of methoxy groups -OCH3 is 1. The molecule has 1 aromatic carbocycles. The number of cyclic esters (lactones) is 1. The fourth-order valence-corrected chi connectivity index (χ4v) is 11.3. The highest BCUT2D eigenvalue weighted by Crippen LogP contribution is 2.49. The molecule has 2 N–H and O–H groups in total. The maximum Gasteiger partial charge on any atom is 0.324 e. The largest absolute Gasteiger partial charge is 0.464 e. The van der Waals surface area contributed by atoms with Crippen LogP contribution in [0.25, 0.3) is 33.4 Å². The summed E-state index contributed by atoms with van der Waals surface area (Å²) in [5.74, 6) is -0.311. The first-order chi connectivity index (χ1) is 30.8. The van der Waals surface area contributed by atoms with Crippen LogP contribution in [0.2, 0.25) is 0 Å². The summed E-state index contributed by atoms with van der Waals surface area (Å²) >= 11 is 0. The standard InChI is InChI=1S/C49H62N8O7/c1-27-28(2)39(27)44(58)52-41-43(55-22-49(23-55)25-62-26-49)45-51-37(21-63-45)30-11-14-38-34(17-30)35(18-48(4,5)24-64-47(60)36-10-8-16-56(53-36)46(41)59)42(33-9-7-15-50-40(33)29(3)61-6)57(38)32-19-54(20-32)31-12-13-31/h7,9,11,14-15,17,21,27-29,31-32,36,39,41,43,53H,8,10,12-13,16,18-20,22-26H2,1-6H3,(H,52,58)/t27-,28+,29-,36-,39?,41-,43-/m0/s1. The molecule has 2 aliphatic carbocycles. The van der Waals surface area contributed by atoms with E-state index in [0.29, 0.717) is 69.7 Å². The van der Waals surface area contributed by atoms with E-state index in [4.69, 9.17) is 28.6 Å². The van der Waals surface area contributed by atoms with Crippen molar-refractivity contribution in [1.29, 1.82) is 0 Å². The van der Waals surface area contributed by atoms with Gasteiger partial charge in [-0.25, -0.2) is 10.4 Å². The third kappa shape index (κ3) is 7.26. The Morgan fingerprint density at radius 3 is 2.50 bits per heavy atom. The number of aromatic nitrogens is 3. The third-order valence-corrected chi connectivity index (χ3v) is 15.6. The van der Waals surface area contributed by atoms with E-state index in [1.807, 2.05) is 19.2 Å². The van der Waals surface area contributed by atoms with Gasteiger partial charge in [-0.3, -0.25) is 34.2 Å². The van der Waals surface area contributed by atoms with E-state index in [1.165, 1.54) is 17.9 Å². The number of rotatable bonds is 8. The number of hydrazine groups is 1. The van der Waals surface area contributed by atoms with Gasteiger partial charge in [0.25, 0.3) is 5.91 Å². The summed E-state index contributed by atoms with van der Waals surface area (Å²) in [6.45, 7) is 15.6. The molecule has 1 spiro atoms. The van der Waals surface area contributed by atoms with Gasteiger partial charge in [-0.05, 0) is 80.7 Å². The molecule has 0 radical (unpaired) electrons. The molecule has 4 aromatic rings. The number of carbonyl (C=O) groups excluding carboxylic acids is 3. The second kappa shape index (κ2) is 15.7. The smallest absolute Gasteiger partial charge is 0.324 e. The van der Waals surface area contributed by atoms with Gasteiger partial charge in [-0.15, -0.1) is 0 Å². The zero-order valence-corrected chi connectivity index (χ0v) is 38.0. The summed E-state index contributed by atoms with van der Waals surface area (Å²) in [7, 11) is 1.72. The van der Waals surface area contributed by atoms with Gasteiger partial charge in [-0.2, -0.15) is 0 Å². The lowest BCUT2D eigenvalue weighted by molar-refractivity contribution is -0.204. The number of hydrogen-bond acceptors (Lipinski definition) is 12.